The summed E-state index contributed by atoms with van der Waals surface area (Å²) in [5, 5.41) is 19.4. The van der Waals surface area contributed by atoms with Crippen molar-refractivity contribution in [2.24, 2.45) is 5.92 Å². The fraction of sp³-hybridized carbons (Fsp3) is 0.538. The number of rotatable bonds is 2. The molecule has 1 heterocycles. The standard InChI is InChI=1S/C13H14Cl2N4O/c1-8-2-4-13(7-16,5-3-8)17-12(20)9-6-10(14)18-19-11(9)15/h6,8H,2-5H2,1H3,(H,17,20). The zero-order chi connectivity index (χ0) is 14.8. The Bertz CT molecular complexity index is 562. The fourth-order valence-corrected chi connectivity index (χ4v) is 2.64. The minimum Gasteiger partial charge on any atom is -0.334 e. The van der Waals surface area contributed by atoms with E-state index in [9.17, 15) is 10.1 Å². The number of hydrogen-bond acceptors (Lipinski definition) is 4. The highest BCUT2D eigenvalue weighted by atomic mass is 35.5. The number of halogens is 2. The first-order valence-electron chi connectivity index (χ1n) is 6.38. The molecule has 0 saturated heterocycles. The topological polar surface area (TPSA) is 78.7 Å². The summed E-state index contributed by atoms with van der Waals surface area (Å²) in [6.45, 7) is 2.15. The van der Waals surface area contributed by atoms with E-state index in [1.165, 1.54) is 6.07 Å². The first kappa shape index (κ1) is 15.0. The number of carbonyl (C=O) groups excluding carboxylic acids is 1. The second-order valence-corrected chi connectivity index (χ2v) is 5.95. The van der Waals surface area contributed by atoms with Gasteiger partial charge in [-0.15, -0.1) is 10.2 Å². The summed E-state index contributed by atoms with van der Waals surface area (Å²) in [7, 11) is 0. The lowest BCUT2D eigenvalue weighted by Gasteiger charge is -2.34. The van der Waals surface area contributed by atoms with Crippen LogP contribution in [0.25, 0.3) is 0 Å². The third-order valence-electron chi connectivity index (χ3n) is 3.66. The molecule has 0 atom stereocenters. The van der Waals surface area contributed by atoms with Gasteiger partial charge in [-0.1, -0.05) is 30.1 Å². The summed E-state index contributed by atoms with van der Waals surface area (Å²) in [6, 6.07) is 3.58. The van der Waals surface area contributed by atoms with Gasteiger partial charge in [0, 0.05) is 0 Å². The number of carbonyl (C=O) groups is 1. The summed E-state index contributed by atoms with van der Waals surface area (Å²) < 4.78 is 0. The molecule has 1 aromatic heterocycles. The zero-order valence-electron chi connectivity index (χ0n) is 11.0. The Morgan fingerprint density at radius 3 is 2.70 bits per heavy atom. The average molecular weight is 313 g/mol. The van der Waals surface area contributed by atoms with Gasteiger partial charge in [0.25, 0.3) is 5.91 Å². The monoisotopic (exact) mass is 312 g/mol. The van der Waals surface area contributed by atoms with E-state index < -0.39 is 11.4 Å². The first-order chi connectivity index (χ1) is 9.46. The van der Waals surface area contributed by atoms with E-state index in [-0.39, 0.29) is 15.9 Å². The van der Waals surface area contributed by atoms with Gasteiger partial charge in [0.15, 0.2) is 10.3 Å². The lowest BCUT2D eigenvalue weighted by Crippen LogP contribution is -2.49. The van der Waals surface area contributed by atoms with E-state index >= 15 is 0 Å². The molecule has 1 fully saturated rings. The normalized spacial score (nSPS) is 25.8. The molecule has 1 aliphatic carbocycles. The highest BCUT2D eigenvalue weighted by Gasteiger charge is 2.36. The van der Waals surface area contributed by atoms with Crippen molar-refractivity contribution in [1.82, 2.24) is 15.5 Å². The van der Waals surface area contributed by atoms with Crippen molar-refractivity contribution in [2.75, 3.05) is 0 Å². The molecular formula is C13H14Cl2N4O. The van der Waals surface area contributed by atoms with Crippen LogP contribution in [0.5, 0.6) is 0 Å². The van der Waals surface area contributed by atoms with Gasteiger partial charge in [0.2, 0.25) is 0 Å². The predicted octanol–water partition coefficient (Wildman–Crippen LogP) is 2.99. The molecule has 7 heteroatoms. The molecule has 1 aliphatic rings. The Hall–Kier alpha value is -1.38. The second-order valence-electron chi connectivity index (χ2n) is 5.20. The minimum absolute atomic E-state index is 0.0239. The molecule has 106 valence electrons. The second kappa shape index (κ2) is 5.94. The Balaban J connectivity index is 2.18. The summed E-state index contributed by atoms with van der Waals surface area (Å²) >= 11 is 11.6. The van der Waals surface area contributed by atoms with Crippen LogP contribution < -0.4 is 5.32 Å². The number of aromatic nitrogens is 2. The molecule has 1 N–H and O–H groups in total. The van der Waals surface area contributed by atoms with Crippen LogP contribution in [0.3, 0.4) is 0 Å². The van der Waals surface area contributed by atoms with Crippen molar-refractivity contribution in [3.05, 3.63) is 21.9 Å². The minimum atomic E-state index is -0.831. The maximum absolute atomic E-state index is 12.3. The Morgan fingerprint density at radius 1 is 1.45 bits per heavy atom. The smallest absolute Gasteiger partial charge is 0.255 e. The van der Waals surface area contributed by atoms with Crippen LogP contribution in [-0.2, 0) is 0 Å². The van der Waals surface area contributed by atoms with Crippen LogP contribution in [0, 0.1) is 17.2 Å². The molecule has 1 amide bonds. The van der Waals surface area contributed by atoms with Crippen molar-refractivity contribution >= 4 is 29.1 Å². The lowest BCUT2D eigenvalue weighted by molar-refractivity contribution is 0.0893. The molecule has 0 aliphatic heterocycles. The molecule has 0 radical (unpaired) electrons. The van der Waals surface area contributed by atoms with Crippen molar-refractivity contribution in [3.8, 4) is 6.07 Å². The van der Waals surface area contributed by atoms with E-state index in [0.29, 0.717) is 18.8 Å². The van der Waals surface area contributed by atoms with E-state index in [1.807, 2.05) is 0 Å². The summed E-state index contributed by atoms with van der Waals surface area (Å²) in [4.78, 5) is 12.3. The summed E-state index contributed by atoms with van der Waals surface area (Å²) in [5.41, 5.74) is -0.692. The van der Waals surface area contributed by atoms with Crippen molar-refractivity contribution in [1.29, 1.82) is 5.26 Å². The van der Waals surface area contributed by atoms with Gasteiger partial charge in [-0.25, -0.2) is 0 Å². The summed E-state index contributed by atoms with van der Waals surface area (Å²) in [6.07, 6.45) is 3.11. The Morgan fingerprint density at radius 2 is 2.10 bits per heavy atom. The third-order valence-corrected chi connectivity index (χ3v) is 4.12. The van der Waals surface area contributed by atoms with Gasteiger partial charge in [0.05, 0.1) is 11.6 Å². The maximum Gasteiger partial charge on any atom is 0.255 e. The summed E-state index contributed by atoms with van der Waals surface area (Å²) in [5.74, 6) is 0.136. The Kier molecular flexibility index (Phi) is 4.46. The SMILES string of the molecule is CC1CCC(C#N)(NC(=O)c2cc(Cl)nnc2Cl)CC1. The van der Waals surface area contributed by atoms with Crippen molar-refractivity contribution < 1.29 is 4.79 Å². The number of nitrogens with one attached hydrogen (secondary N) is 1. The predicted molar refractivity (Wildman–Crippen MR) is 75.5 cm³/mol. The number of amides is 1. The van der Waals surface area contributed by atoms with Crippen LogP contribution in [0.2, 0.25) is 10.3 Å². The van der Waals surface area contributed by atoms with Gasteiger partial charge < -0.3 is 5.32 Å². The van der Waals surface area contributed by atoms with Crippen molar-refractivity contribution in [2.45, 2.75) is 38.1 Å². The van der Waals surface area contributed by atoms with Gasteiger partial charge in [-0.3, -0.25) is 4.79 Å². The molecule has 0 unspecified atom stereocenters. The maximum atomic E-state index is 12.3. The largest absolute Gasteiger partial charge is 0.334 e. The van der Waals surface area contributed by atoms with Crippen LogP contribution in [0.15, 0.2) is 6.07 Å². The van der Waals surface area contributed by atoms with Gasteiger partial charge in [-0.2, -0.15) is 5.26 Å². The first-order valence-corrected chi connectivity index (χ1v) is 7.14. The van der Waals surface area contributed by atoms with Crippen molar-refractivity contribution in [3.63, 3.8) is 0 Å². The van der Waals surface area contributed by atoms with E-state index in [1.54, 1.807) is 0 Å². The molecule has 1 saturated carbocycles. The van der Waals surface area contributed by atoms with Gasteiger partial charge in [0.1, 0.15) is 5.54 Å². The molecule has 0 bridgehead atoms. The third kappa shape index (κ3) is 3.20. The quantitative estimate of drug-likeness (QED) is 0.910. The molecule has 20 heavy (non-hydrogen) atoms. The van der Waals surface area contributed by atoms with E-state index in [0.717, 1.165) is 12.8 Å². The molecule has 0 spiro atoms. The van der Waals surface area contributed by atoms with E-state index in [4.69, 9.17) is 23.2 Å². The highest BCUT2D eigenvalue weighted by Crippen LogP contribution is 2.32. The zero-order valence-corrected chi connectivity index (χ0v) is 12.5. The fourth-order valence-electron chi connectivity index (χ4n) is 2.32. The Labute approximate surface area is 127 Å². The average Bonchev–Trinajstić information content (AvgIpc) is 2.44. The van der Waals surface area contributed by atoms with Crippen LogP contribution >= 0.6 is 23.2 Å². The van der Waals surface area contributed by atoms with Gasteiger partial charge >= 0.3 is 0 Å². The van der Waals surface area contributed by atoms with Crippen LogP contribution in [0.1, 0.15) is 43.0 Å². The molecular weight excluding hydrogens is 299 g/mol. The number of nitriles is 1. The van der Waals surface area contributed by atoms with Crippen LogP contribution in [0.4, 0.5) is 0 Å². The number of hydrogen-bond donors (Lipinski definition) is 1. The van der Waals surface area contributed by atoms with Crippen LogP contribution in [-0.4, -0.2) is 21.6 Å². The van der Waals surface area contributed by atoms with Gasteiger partial charge in [-0.05, 0) is 37.7 Å². The molecule has 1 aromatic rings. The van der Waals surface area contributed by atoms with E-state index in [2.05, 4.69) is 28.5 Å². The highest BCUT2D eigenvalue weighted by molar-refractivity contribution is 6.34. The molecule has 5 nitrogen and oxygen atoms in total. The lowest BCUT2D eigenvalue weighted by atomic mass is 9.78. The molecule has 2 rings (SSSR count). The number of nitrogens with zero attached hydrogens (tertiary/aromatic N) is 3. The molecule has 0 aromatic carbocycles.